The van der Waals surface area contributed by atoms with Crippen molar-refractivity contribution in [2.45, 2.75) is 17.9 Å². The Hall–Kier alpha value is -2.04. The number of hydrogen-bond donors (Lipinski definition) is 2. The second-order valence-electron chi connectivity index (χ2n) is 3.68. The minimum absolute atomic E-state index is 0.0800. The van der Waals surface area contributed by atoms with Gasteiger partial charge in [-0.2, -0.15) is 4.72 Å². The van der Waals surface area contributed by atoms with Gasteiger partial charge >= 0.3 is 5.97 Å². The van der Waals surface area contributed by atoms with Crippen LogP contribution in [0.4, 0.5) is 0 Å². The van der Waals surface area contributed by atoms with Crippen LogP contribution in [0.5, 0.6) is 5.75 Å². The summed E-state index contributed by atoms with van der Waals surface area (Å²) in [6.07, 6.45) is 5.09. The van der Waals surface area contributed by atoms with Gasteiger partial charge in [0.2, 0.25) is 10.0 Å². The van der Waals surface area contributed by atoms with E-state index in [9.17, 15) is 13.2 Å². The zero-order valence-electron chi connectivity index (χ0n) is 10.4. The average molecular weight is 283 g/mol. The predicted molar refractivity (Wildman–Crippen MR) is 68.6 cm³/mol. The number of hydrogen-bond acceptors (Lipinski definition) is 4. The molecule has 0 aliphatic heterocycles. The molecule has 0 saturated heterocycles. The lowest BCUT2D eigenvalue weighted by molar-refractivity contribution is 0.0693. The fraction of sp³-hybridized carbons (Fsp3) is 0.250. The Labute approximate surface area is 111 Å². The predicted octanol–water partition coefficient (Wildman–Crippen LogP) is 0.693. The largest absolute Gasteiger partial charge is 0.496 e. The molecule has 0 fully saturated rings. The molecule has 0 radical (unpaired) electrons. The van der Waals surface area contributed by atoms with E-state index in [1.54, 1.807) is 0 Å². The number of nitrogens with one attached hydrogen (secondary N) is 1. The van der Waals surface area contributed by atoms with Gasteiger partial charge in [0.05, 0.1) is 18.0 Å². The number of carbonyl (C=O) groups is 1. The first kappa shape index (κ1) is 15.0. The molecule has 0 amide bonds. The lowest BCUT2D eigenvalue weighted by Gasteiger charge is -2.11. The lowest BCUT2D eigenvalue weighted by Crippen LogP contribution is -2.31. The number of ether oxygens (including phenoxy) is 1. The van der Waals surface area contributed by atoms with Gasteiger partial charge in [0, 0.05) is 0 Å². The van der Waals surface area contributed by atoms with Crippen molar-refractivity contribution >= 4 is 16.0 Å². The number of benzene rings is 1. The van der Waals surface area contributed by atoms with Crippen LogP contribution in [-0.4, -0.2) is 32.6 Å². The summed E-state index contributed by atoms with van der Waals surface area (Å²) in [6, 6.07) is 2.85. The Morgan fingerprint density at radius 2 is 2.16 bits per heavy atom. The van der Waals surface area contributed by atoms with Crippen LogP contribution >= 0.6 is 0 Å². The topological polar surface area (TPSA) is 92.7 Å². The molecule has 2 N–H and O–H groups in total. The molecule has 1 atom stereocenters. The number of terminal acetylenes is 1. The third kappa shape index (κ3) is 3.47. The minimum atomic E-state index is -3.86. The molecule has 0 aliphatic rings. The first-order chi connectivity index (χ1) is 8.81. The number of rotatable bonds is 5. The highest BCUT2D eigenvalue weighted by molar-refractivity contribution is 7.89. The van der Waals surface area contributed by atoms with E-state index < -0.39 is 22.0 Å². The number of aromatic carboxylic acids is 1. The molecule has 6 nitrogen and oxygen atoms in total. The molecule has 0 aromatic heterocycles. The van der Waals surface area contributed by atoms with Crippen LogP contribution in [0.15, 0.2) is 23.1 Å². The van der Waals surface area contributed by atoms with E-state index in [-0.39, 0.29) is 16.2 Å². The summed E-state index contributed by atoms with van der Waals surface area (Å²) >= 11 is 0. The molecule has 0 heterocycles. The van der Waals surface area contributed by atoms with Gasteiger partial charge in [-0.1, -0.05) is 5.92 Å². The Morgan fingerprint density at radius 1 is 1.53 bits per heavy atom. The summed E-state index contributed by atoms with van der Waals surface area (Å²) in [5.41, 5.74) is -0.237. The molecular formula is C12H13NO5S. The Bertz CT molecular complexity index is 630. The molecule has 0 bridgehead atoms. The zero-order chi connectivity index (χ0) is 14.6. The van der Waals surface area contributed by atoms with Crippen LogP contribution in [0.2, 0.25) is 0 Å². The van der Waals surface area contributed by atoms with Crippen LogP contribution < -0.4 is 9.46 Å². The standard InChI is InChI=1S/C12H13NO5S/c1-4-8(2)13-19(16,17)9-5-6-11(18-3)10(7-9)12(14)15/h1,5-8,13H,2-3H3,(H,14,15). The summed E-state index contributed by atoms with van der Waals surface area (Å²) < 4.78 is 30.9. The first-order valence-corrected chi connectivity index (χ1v) is 6.70. The Morgan fingerprint density at radius 3 is 2.63 bits per heavy atom. The van der Waals surface area contributed by atoms with Gasteiger partial charge in [-0.25, -0.2) is 13.2 Å². The van der Waals surface area contributed by atoms with Gasteiger partial charge in [-0.15, -0.1) is 6.42 Å². The van der Waals surface area contributed by atoms with Gasteiger partial charge in [0.1, 0.15) is 11.3 Å². The quantitative estimate of drug-likeness (QED) is 0.776. The third-order valence-corrected chi connectivity index (χ3v) is 3.83. The molecule has 0 saturated carbocycles. The van der Waals surface area contributed by atoms with Gasteiger partial charge in [-0.05, 0) is 25.1 Å². The molecule has 0 aliphatic carbocycles. The summed E-state index contributed by atoms with van der Waals surface area (Å²) in [7, 11) is -2.56. The van der Waals surface area contributed by atoms with Crippen LogP contribution in [0, 0.1) is 12.3 Å². The Balaban J connectivity index is 3.26. The van der Waals surface area contributed by atoms with Gasteiger partial charge in [0.25, 0.3) is 0 Å². The van der Waals surface area contributed by atoms with E-state index in [2.05, 4.69) is 10.6 Å². The maximum atomic E-state index is 11.9. The molecule has 1 rings (SSSR count). The second kappa shape index (κ2) is 5.73. The van der Waals surface area contributed by atoms with Crippen LogP contribution in [0.3, 0.4) is 0 Å². The van der Waals surface area contributed by atoms with Gasteiger partial charge < -0.3 is 9.84 Å². The summed E-state index contributed by atoms with van der Waals surface area (Å²) in [4.78, 5) is 10.8. The van der Waals surface area contributed by atoms with Crippen molar-refractivity contribution in [3.05, 3.63) is 23.8 Å². The highest BCUT2D eigenvalue weighted by atomic mass is 32.2. The lowest BCUT2D eigenvalue weighted by atomic mass is 10.2. The Kier molecular flexibility index (Phi) is 4.53. The second-order valence-corrected chi connectivity index (χ2v) is 5.39. The van der Waals surface area contributed by atoms with E-state index in [4.69, 9.17) is 16.3 Å². The molecule has 102 valence electrons. The molecular weight excluding hydrogens is 270 g/mol. The molecule has 0 spiro atoms. The van der Waals surface area contributed by atoms with E-state index in [0.29, 0.717) is 0 Å². The molecule has 19 heavy (non-hydrogen) atoms. The summed E-state index contributed by atoms with van der Waals surface area (Å²) in [5, 5.41) is 8.99. The van der Waals surface area contributed by atoms with Gasteiger partial charge in [0.15, 0.2) is 0 Å². The average Bonchev–Trinajstić information content (AvgIpc) is 2.37. The van der Waals surface area contributed by atoms with E-state index in [1.165, 1.54) is 26.2 Å². The third-order valence-electron chi connectivity index (χ3n) is 2.29. The van der Waals surface area contributed by atoms with Crippen molar-refractivity contribution in [3.8, 4) is 18.1 Å². The van der Waals surface area contributed by atoms with Crippen molar-refractivity contribution in [2.75, 3.05) is 7.11 Å². The monoisotopic (exact) mass is 283 g/mol. The number of sulfonamides is 1. The van der Waals surface area contributed by atoms with Gasteiger partial charge in [-0.3, -0.25) is 0 Å². The highest BCUT2D eigenvalue weighted by Crippen LogP contribution is 2.22. The van der Waals surface area contributed by atoms with E-state index in [0.717, 1.165) is 6.07 Å². The molecule has 1 aromatic carbocycles. The number of carboxylic acid groups (broad SMARTS) is 1. The number of carboxylic acids is 1. The van der Waals surface area contributed by atoms with E-state index in [1.807, 2.05) is 0 Å². The van der Waals surface area contributed by atoms with Crippen molar-refractivity contribution in [3.63, 3.8) is 0 Å². The first-order valence-electron chi connectivity index (χ1n) is 5.21. The highest BCUT2D eigenvalue weighted by Gasteiger charge is 2.20. The van der Waals surface area contributed by atoms with Crippen molar-refractivity contribution < 1.29 is 23.1 Å². The van der Waals surface area contributed by atoms with Crippen molar-refractivity contribution in [1.29, 1.82) is 0 Å². The molecule has 1 aromatic rings. The van der Waals surface area contributed by atoms with Crippen LogP contribution in [0.25, 0.3) is 0 Å². The maximum Gasteiger partial charge on any atom is 0.339 e. The summed E-state index contributed by atoms with van der Waals surface area (Å²) in [6.45, 7) is 1.50. The fourth-order valence-corrected chi connectivity index (χ4v) is 2.55. The fourth-order valence-electron chi connectivity index (χ4n) is 1.36. The van der Waals surface area contributed by atoms with Crippen LogP contribution in [0.1, 0.15) is 17.3 Å². The summed E-state index contributed by atoms with van der Waals surface area (Å²) in [5.74, 6) is 1.02. The minimum Gasteiger partial charge on any atom is -0.496 e. The normalized spacial score (nSPS) is 12.5. The van der Waals surface area contributed by atoms with Crippen molar-refractivity contribution in [1.82, 2.24) is 4.72 Å². The van der Waals surface area contributed by atoms with Crippen LogP contribution in [-0.2, 0) is 10.0 Å². The SMILES string of the molecule is C#CC(C)NS(=O)(=O)c1ccc(OC)c(C(=O)O)c1. The molecule has 7 heteroatoms. The van der Waals surface area contributed by atoms with E-state index >= 15 is 0 Å². The molecule has 1 unspecified atom stereocenters. The smallest absolute Gasteiger partial charge is 0.339 e. The number of methoxy groups -OCH3 is 1. The zero-order valence-corrected chi connectivity index (χ0v) is 11.2. The maximum absolute atomic E-state index is 11.9. The van der Waals surface area contributed by atoms with Crippen molar-refractivity contribution in [2.24, 2.45) is 0 Å².